The first-order valence-electron chi connectivity index (χ1n) is 18.9. The maximum absolute atomic E-state index is 10.5. The van der Waals surface area contributed by atoms with Gasteiger partial charge < -0.3 is 38.3 Å². The molecule has 0 aromatic heterocycles. The SMILES string of the molecule is CCCCO[C@H]1[C@H](OCCCC)[C@@H](OCCCC)[C@@]2(OCc3cc(Cl)c(Cc4ccc5c(c4)OCCC5O)cc32)O[C@@H]1[C@@H](C)OCCCC. The van der Waals surface area contributed by atoms with Gasteiger partial charge in [-0.3, -0.25) is 0 Å². The molecule has 0 aliphatic carbocycles. The van der Waals surface area contributed by atoms with E-state index in [4.69, 9.17) is 44.8 Å². The molecular weight excluding hydrogens is 644 g/mol. The van der Waals surface area contributed by atoms with Crippen molar-refractivity contribution in [2.45, 2.75) is 148 Å². The van der Waals surface area contributed by atoms with Crippen molar-refractivity contribution in [3.63, 3.8) is 0 Å². The van der Waals surface area contributed by atoms with Crippen molar-refractivity contribution in [3.8, 4) is 5.75 Å². The van der Waals surface area contributed by atoms with E-state index in [1.165, 1.54) is 0 Å². The fourth-order valence-corrected chi connectivity index (χ4v) is 7.27. The van der Waals surface area contributed by atoms with Crippen LogP contribution in [-0.2, 0) is 47.2 Å². The van der Waals surface area contributed by atoms with Crippen LogP contribution in [0.1, 0.15) is 126 Å². The number of ether oxygens (including phenoxy) is 7. The maximum Gasteiger partial charge on any atom is 0.225 e. The van der Waals surface area contributed by atoms with Crippen molar-refractivity contribution >= 4 is 11.6 Å². The van der Waals surface area contributed by atoms with Gasteiger partial charge in [-0.05, 0) is 73.9 Å². The summed E-state index contributed by atoms with van der Waals surface area (Å²) in [7, 11) is 0. The van der Waals surface area contributed by atoms with Crippen molar-refractivity contribution in [1.82, 2.24) is 0 Å². The summed E-state index contributed by atoms with van der Waals surface area (Å²) in [6.07, 6.45) is 6.38. The first kappa shape index (κ1) is 38.5. The number of fused-ring (bicyclic) bond motifs is 3. The summed E-state index contributed by atoms with van der Waals surface area (Å²) < 4.78 is 46.7. The van der Waals surface area contributed by atoms with E-state index in [2.05, 4.69) is 40.7 Å². The van der Waals surface area contributed by atoms with Crippen LogP contribution in [0.25, 0.3) is 0 Å². The molecule has 3 aliphatic rings. The zero-order chi connectivity index (χ0) is 34.8. The minimum absolute atomic E-state index is 0.269. The fraction of sp³-hybridized carbons (Fsp3) is 0.700. The van der Waals surface area contributed by atoms with Gasteiger partial charge >= 0.3 is 0 Å². The highest BCUT2D eigenvalue weighted by molar-refractivity contribution is 6.31. The molecule has 49 heavy (non-hydrogen) atoms. The minimum Gasteiger partial charge on any atom is -0.493 e. The van der Waals surface area contributed by atoms with Crippen molar-refractivity contribution < 1.29 is 38.3 Å². The van der Waals surface area contributed by atoms with E-state index in [-0.39, 0.29) is 6.10 Å². The summed E-state index contributed by atoms with van der Waals surface area (Å²) in [5, 5.41) is 11.1. The third-order valence-corrected chi connectivity index (χ3v) is 10.3. The minimum atomic E-state index is -1.24. The summed E-state index contributed by atoms with van der Waals surface area (Å²) >= 11 is 6.98. The molecule has 1 fully saturated rings. The molecule has 0 amide bonds. The molecule has 2 aromatic carbocycles. The first-order valence-corrected chi connectivity index (χ1v) is 19.3. The predicted molar refractivity (Wildman–Crippen MR) is 191 cm³/mol. The number of aliphatic hydroxyl groups excluding tert-OH is 1. The Morgan fingerprint density at radius 2 is 1.55 bits per heavy atom. The number of hydrogen-bond acceptors (Lipinski definition) is 8. The Kier molecular flexibility index (Phi) is 14.6. The molecule has 3 heterocycles. The van der Waals surface area contributed by atoms with Crippen LogP contribution in [0.5, 0.6) is 5.75 Å². The van der Waals surface area contributed by atoms with Gasteiger partial charge in [0.1, 0.15) is 30.2 Å². The molecule has 1 N–H and O–H groups in total. The van der Waals surface area contributed by atoms with Gasteiger partial charge in [0, 0.05) is 49.0 Å². The Labute approximate surface area is 299 Å². The Morgan fingerprint density at radius 3 is 2.27 bits per heavy atom. The van der Waals surface area contributed by atoms with Gasteiger partial charge in [0.15, 0.2) is 0 Å². The predicted octanol–water partition coefficient (Wildman–Crippen LogP) is 8.59. The Bertz CT molecular complexity index is 1320. The molecule has 0 bridgehead atoms. The summed E-state index contributed by atoms with van der Waals surface area (Å²) in [5.74, 6) is -0.505. The summed E-state index contributed by atoms with van der Waals surface area (Å²) in [6.45, 7) is 14.0. The van der Waals surface area contributed by atoms with Crippen molar-refractivity contribution in [3.05, 3.63) is 63.2 Å². The van der Waals surface area contributed by atoms with Crippen LogP contribution in [0.3, 0.4) is 0 Å². The molecule has 7 atom stereocenters. The molecule has 0 radical (unpaired) electrons. The maximum atomic E-state index is 10.5. The number of unbranched alkanes of at least 4 members (excludes halogenated alkanes) is 4. The molecular formula is C40H59ClO8. The third kappa shape index (κ3) is 9.01. The van der Waals surface area contributed by atoms with Crippen molar-refractivity contribution in [2.24, 2.45) is 0 Å². The number of rotatable bonds is 19. The van der Waals surface area contributed by atoms with Crippen LogP contribution >= 0.6 is 11.6 Å². The van der Waals surface area contributed by atoms with Crippen LogP contribution in [0.15, 0.2) is 30.3 Å². The van der Waals surface area contributed by atoms with Crippen molar-refractivity contribution in [2.75, 3.05) is 33.0 Å². The van der Waals surface area contributed by atoms with Gasteiger partial charge in [0.25, 0.3) is 0 Å². The van der Waals surface area contributed by atoms with E-state index in [0.29, 0.717) is 57.5 Å². The van der Waals surface area contributed by atoms with Crippen molar-refractivity contribution in [1.29, 1.82) is 0 Å². The van der Waals surface area contributed by atoms with E-state index in [1.807, 2.05) is 24.3 Å². The number of benzene rings is 2. The Balaban J connectivity index is 1.56. The van der Waals surface area contributed by atoms with Crippen LogP contribution < -0.4 is 4.74 Å². The molecule has 1 spiro atoms. The topological polar surface area (TPSA) is 84.8 Å². The highest BCUT2D eigenvalue weighted by atomic mass is 35.5. The monoisotopic (exact) mass is 702 g/mol. The first-order chi connectivity index (χ1) is 23.9. The molecule has 3 aliphatic heterocycles. The largest absolute Gasteiger partial charge is 0.493 e. The lowest BCUT2D eigenvalue weighted by molar-refractivity contribution is -0.389. The average molecular weight is 703 g/mol. The molecule has 274 valence electrons. The Hall–Kier alpha value is -1.75. The molecule has 0 saturated carbocycles. The van der Waals surface area contributed by atoms with Gasteiger partial charge in [-0.2, -0.15) is 0 Å². The zero-order valence-corrected chi connectivity index (χ0v) is 31.1. The molecule has 5 rings (SSSR count). The van der Waals surface area contributed by atoms with Crippen LogP contribution in [0, 0.1) is 0 Å². The molecule has 9 heteroatoms. The quantitative estimate of drug-likeness (QED) is 0.146. The van der Waals surface area contributed by atoms with Gasteiger partial charge in [-0.1, -0.05) is 77.1 Å². The fourth-order valence-electron chi connectivity index (χ4n) is 7.02. The lowest BCUT2D eigenvalue weighted by atomic mass is 9.84. The lowest BCUT2D eigenvalue weighted by Gasteiger charge is -2.52. The van der Waals surface area contributed by atoms with Crippen LogP contribution in [0.2, 0.25) is 5.02 Å². The second-order valence-electron chi connectivity index (χ2n) is 13.8. The second kappa shape index (κ2) is 18.7. The second-order valence-corrected chi connectivity index (χ2v) is 14.2. The smallest absolute Gasteiger partial charge is 0.225 e. The van der Waals surface area contributed by atoms with E-state index in [1.54, 1.807) is 0 Å². The number of halogens is 1. The zero-order valence-electron chi connectivity index (χ0n) is 30.3. The van der Waals surface area contributed by atoms with E-state index < -0.39 is 36.3 Å². The van der Waals surface area contributed by atoms with Gasteiger partial charge in [-0.15, -0.1) is 0 Å². The highest BCUT2D eigenvalue weighted by Crippen LogP contribution is 2.50. The lowest BCUT2D eigenvalue weighted by Crippen LogP contribution is -2.67. The summed E-state index contributed by atoms with van der Waals surface area (Å²) in [5.41, 5.74) is 4.72. The average Bonchev–Trinajstić information content (AvgIpc) is 3.43. The molecule has 8 nitrogen and oxygen atoms in total. The summed E-state index contributed by atoms with van der Waals surface area (Å²) in [4.78, 5) is 0. The highest BCUT2D eigenvalue weighted by Gasteiger charge is 2.62. The van der Waals surface area contributed by atoms with Crippen LogP contribution in [-0.4, -0.2) is 68.7 Å². The van der Waals surface area contributed by atoms with E-state index in [0.717, 1.165) is 84.9 Å². The Morgan fingerprint density at radius 1 is 0.878 bits per heavy atom. The molecule has 1 unspecified atom stereocenters. The third-order valence-electron chi connectivity index (χ3n) is 9.95. The number of hydrogen-bond donors (Lipinski definition) is 1. The number of aliphatic hydroxyl groups is 1. The van der Waals surface area contributed by atoms with E-state index in [9.17, 15) is 5.11 Å². The summed E-state index contributed by atoms with van der Waals surface area (Å²) in [6, 6.07) is 10.2. The van der Waals surface area contributed by atoms with Gasteiger partial charge in [-0.25, -0.2) is 0 Å². The molecule has 2 aromatic rings. The molecule has 1 saturated heterocycles. The van der Waals surface area contributed by atoms with Gasteiger partial charge in [0.2, 0.25) is 5.79 Å². The van der Waals surface area contributed by atoms with E-state index >= 15 is 0 Å². The standard InChI is InChI=1S/C40H59ClO8/c1-6-10-17-43-27(5)36-37(45-18-11-7-2)38(46-19-12-8-3)39(47-20-13-9-4)40(49-36)32-24-29(33(41)25-30(32)26-48-40)22-28-14-15-31-34(42)16-21-44-35(31)23-28/h14-15,23-25,27,34,36-39,42H,6-13,16-22,26H2,1-5H3/t27-,34?,36-,37-,38+,39-,40+/m1/s1. The van der Waals surface area contributed by atoms with Crippen LogP contribution in [0.4, 0.5) is 0 Å². The normalized spacial score (nSPS) is 26.8. The van der Waals surface area contributed by atoms with Gasteiger partial charge in [0.05, 0.1) is 25.4 Å².